The van der Waals surface area contributed by atoms with Crippen LogP contribution < -0.4 is 5.32 Å². The van der Waals surface area contributed by atoms with Gasteiger partial charge in [0.05, 0.1) is 5.56 Å². The van der Waals surface area contributed by atoms with Crippen molar-refractivity contribution in [3.8, 4) is 0 Å². The van der Waals surface area contributed by atoms with Crippen LogP contribution in [0.4, 0.5) is 5.82 Å². The van der Waals surface area contributed by atoms with E-state index in [0.29, 0.717) is 11.6 Å². The van der Waals surface area contributed by atoms with Crippen LogP contribution in [0.2, 0.25) is 0 Å². The van der Waals surface area contributed by atoms with Crippen molar-refractivity contribution in [1.29, 1.82) is 0 Å². The molecule has 1 N–H and O–H groups in total. The Bertz CT molecular complexity index is 444. The van der Waals surface area contributed by atoms with E-state index in [9.17, 15) is 4.79 Å². The average molecular weight is 276 g/mol. The minimum Gasteiger partial charge on any atom is -0.370 e. The van der Waals surface area contributed by atoms with Crippen LogP contribution in [0.3, 0.4) is 0 Å². The monoisotopic (exact) mass is 276 g/mol. The molecule has 0 aromatic carbocycles. The number of likely N-dealkylation sites (N-methyl/N-ethyl adjacent to an activating group) is 1. The third-order valence-electron chi connectivity index (χ3n) is 3.58. The van der Waals surface area contributed by atoms with E-state index in [2.05, 4.69) is 15.2 Å². The van der Waals surface area contributed by atoms with Gasteiger partial charge in [-0.3, -0.25) is 4.79 Å². The van der Waals surface area contributed by atoms with E-state index < -0.39 is 0 Å². The van der Waals surface area contributed by atoms with Crippen LogP contribution in [-0.4, -0.2) is 60.5 Å². The summed E-state index contributed by atoms with van der Waals surface area (Å²) in [6.45, 7) is 4.63. The fraction of sp³-hybridized carbons (Fsp3) is 0.600. The molecule has 0 aliphatic carbocycles. The van der Waals surface area contributed by atoms with Gasteiger partial charge in [-0.2, -0.15) is 0 Å². The molecule has 1 fully saturated rings. The highest BCUT2D eigenvalue weighted by molar-refractivity contribution is 5.94. The molecule has 20 heavy (non-hydrogen) atoms. The van der Waals surface area contributed by atoms with Gasteiger partial charge in [0.25, 0.3) is 5.91 Å². The zero-order chi connectivity index (χ0) is 14.5. The van der Waals surface area contributed by atoms with Gasteiger partial charge in [-0.15, -0.1) is 0 Å². The first-order chi connectivity index (χ1) is 9.61. The molecule has 2 heterocycles. The fourth-order valence-corrected chi connectivity index (χ4v) is 2.69. The summed E-state index contributed by atoms with van der Waals surface area (Å²) in [5.74, 6) is 0.917. The van der Waals surface area contributed by atoms with Crippen molar-refractivity contribution in [3.05, 3.63) is 23.9 Å². The summed E-state index contributed by atoms with van der Waals surface area (Å²) in [6.07, 6.45) is 3.85. The maximum Gasteiger partial charge on any atom is 0.255 e. The first kappa shape index (κ1) is 14.8. The van der Waals surface area contributed by atoms with E-state index in [1.54, 1.807) is 6.20 Å². The molecule has 0 bridgehead atoms. The number of rotatable bonds is 5. The lowest BCUT2D eigenvalue weighted by Crippen LogP contribution is -2.41. The van der Waals surface area contributed by atoms with Crippen LogP contribution in [0.5, 0.6) is 0 Å². The second-order valence-electron chi connectivity index (χ2n) is 5.52. The van der Waals surface area contributed by atoms with Crippen molar-refractivity contribution in [3.63, 3.8) is 0 Å². The molecule has 0 radical (unpaired) electrons. The van der Waals surface area contributed by atoms with Crippen molar-refractivity contribution >= 4 is 11.7 Å². The normalized spacial score (nSPS) is 18.6. The third kappa shape index (κ3) is 3.48. The maximum absolute atomic E-state index is 12.6. The van der Waals surface area contributed by atoms with Crippen LogP contribution in [0.15, 0.2) is 18.3 Å². The Kier molecular flexibility index (Phi) is 4.95. The van der Waals surface area contributed by atoms with Gasteiger partial charge in [0.2, 0.25) is 0 Å². The highest BCUT2D eigenvalue weighted by atomic mass is 16.2. The smallest absolute Gasteiger partial charge is 0.255 e. The third-order valence-corrected chi connectivity index (χ3v) is 3.58. The van der Waals surface area contributed by atoms with Gasteiger partial charge in [-0.25, -0.2) is 4.98 Å². The van der Waals surface area contributed by atoms with E-state index in [4.69, 9.17) is 0 Å². The Hall–Kier alpha value is -1.62. The molecule has 110 valence electrons. The quantitative estimate of drug-likeness (QED) is 0.889. The van der Waals surface area contributed by atoms with Crippen LogP contribution in [0.25, 0.3) is 0 Å². The Morgan fingerprint density at radius 1 is 1.50 bits per heavy atom. The summed E-state index contributed by atoms with van der Waals surface area (Å²) in [5.41, 5.74) is 0.678. The number of anilines is 1. The molecule has 0 saturated carbocycles. The molecular formula is C15H24N4O. The van der Waals surface area contributed by atoms with E-state index in [0.717, 1.165) is 38.3 Å². The first-order valence-electron chi connectivity index (χ1n) is 7.27. The molecule has 1 amide bonds. The second kappa shape index (κ2) is 6.70. The fourth-order valence-electron chi connectivity index (χ4n) is 2.69. The average Bonchev–Trinajstić information content (AvgIpc) is 2.86. The summed E-state index contributed by atoms with van der Waals surface area (Å²) in [4.78, 5) is 21.0. The summed E-state index contributed by atoms with van der Waals surface area (Å²) >= 11 is 0. The molecule has 2 rings (SSSR count). The van der Waals surface area contributed by atoms with Gasteiger partial charge < -0.3 is 15.1 Å². The Morgan fingerprint density at radius 2 is 2.30 bits per heavy atom. The van der Waals surface area contributed by atoms with Crippen molar-refractivity contribution < 1.29 is 4.79 Å². The van der Waals surface area contributed by atoms with Crippen molar-refractivity contribution in [1.82, 2.24) is 14.8 Å². The summed E-state index contributed by atoms with van der Waals surface area (Å²) < 4.78 is 0. The highest BCUT2D eigenvalue weighted by Gasteiger charge is 2.29. The molecule has 1 unspecified atom stereocenters. The van der Waals surface area contributed by atoms with Crippen LogP contribution in [0, 0.1) is 0 Å². The zero-order valence-corrected chi connectivity index (χ0v) is 12.6. The lowest BCUT2D eigenvalue weighted by Gasteiger charge is -2.27. The van der Waals surface area contributed by atoms with E-state index >= 15 is 0 Å². The minimum absolute atomic E-state index is 0.102. The van der Waals surface area contributed by atoms with Crippen molar-refractivity contribution in [2.24, 2.45) is 0 Å². The van der Waals surface area contributed by atoms with Gasteiger partial charge in [-0.1, -0.05) is 0 Å². The first-order valence-corrected chi connectivity index (χ1v) is 7.27. The number of aromatic nitrogens is 1. The lowest BCUT2D eigenvalue weighted by atomic mass is 10.2. The number of amides is 1. The molecule has 1 atom stereocenters. The number of carbonyl (C=O) groups is 1. The highest BCUT2D eigenvalue weighted by Crippen LogP contribution is 2.20. The Balaban J connectivity index is 2.05. The van der Waals surface area contributed by atoms with Gasteiger partial charge in [0, 0.05) is 31.9 Å². The number of pyridine rings is 1. The Labute approximate surface area is 121 Å². The predicted octanol–water partition coefficient (Wildman–Crippen LogP) is 1.68. The number of nitrogens with zero attached hydrogens (tertiary/aromatic N) is 3. The summed E-state index contributed by atoms with van der Waals surface area (Å²) in [5, 5.41) is 3.14. The number of likely N-dealkylation sites (tertiary alicyclic amines) is 1. The zero-order valence-electron chi connectivity index (χ0n) is 12.6. The van der Waals surface area contributed by atoms with Gasteiger partial charge in [0.15, 0.2) is 0 Å². The summed E-state index contributed by atoms with van der Waals surface area (Å²) in [6, 6.07) is 4.05. The maximum atomic E-state index is 12.6. The molecule has 1 aliphatic heterocycles. The van der Waals surface area contributed by atoms with Gasteiger partial charge >= 0.3 is 0 Å². The number of hydrogen-bond donors (Lipinski definition) is 1. The molecule has 1 aliphatic rings. The largest absolute Gasteiger partial charge is 0.370 e. The minimum atomic E-state index is 0.102. The molecule has 5 nitrogen and oxygen atoms in total. The topological polar surface area (TPSA) is 48.5 Å². The molecule has 0 spiro atoms. The van der Waals surface area contributed by atoms with Gasteiger partial charge in [0.1, 0.15) is 5.82 Å². The van der Waals surface area contributed by atoms with Crippen LogP contribution in [-0.2, 0) is 0 Å². The standard InChI is InChI=1S/C15H24N4O/c1-4-16-14-8-7-12(10-17-14)15(20)19-9-5-6-13(19)11-18(2)3/h7-8,10,13H,4-6,9,11H2,1-3H3,(H,16,17). The SMILES string of the molecule is CCNc1ccc(C(=O)N2CCCC2CN(C)C)cn1. The number of nitrogens with one attached hydrogen (secondary N) is 1. The van der Waals surface area contributed by atoms with E-state index in [-0.39, 0.29) is 5.91 Å². The number of carbonyl (C=O) groups excluding carboxylic acids is 1. The van der Waals surface area contributed by atoms with Crippen LogP contribution >= 0.6 is 0 Å². The molecule has 1 saturated heterocycles. The lowest BCUT2D eigenvalue weighted by molar-refractivity contribution is 0.0716. The Morgan fingerprint density at radius 3 is 2.90 bits per heavy atom. The van der Waals surface area contributed by atoms with E-state index in [1.807, 2.05) is 38.1 Å². The second-order valence-corrected chi connectivity index (χ2v) is 5.52. The number of hydrogen-bond acceptors (Lipinski definition) is 4. The molecule has 1 aromatic rings. The van der Waals surface area contributed by atoms with Crippen LogP contribution in [0.1, 0.15) is 30.1 Å². The van der Waals surface area contributed by atoms with Gasteiger partial charge in [-0.05, 0) is 46.0 Å². The van der Waals surface area contributed by atoms with Crippen molar-refractivity contribution in [2.75, 3.05) is 39.0 Å². The molecule has 5 heteroatoms. The van der Waals surface area contributed by atoms with E-state index in [1.165, 1.54) is 0 Å². The molecule has 1 aromatic heterocycles. The van der Waals surface area contributed by atoms with Crippen molar-refractivity contribution in [2.45, 2.75) is 25.8 Å². The molecular weight excluding hydrogens is 252 g/mol. The predicted molar refractivity (Wildman–Crippen MR) is 81.0 cm³/mol. The summed E-state index contributed by atoms with van der Waals surface area (Å²) in [7, 11) is 4.10.